The van der Waals surface area contributed by atoms with Crippen molar-refractivity contribution in [2.75, 3.05) is 0 Å². The van der Waals surface area contributed by atoms with Gasteiger partial charge >= 0.3 is 0 Å². The van der Waals surface area contributed by atoms with Gasteiger partial charge in [-0.25, -0.2) is 0 Å². The summed E-state index contributed by atoms with van der Waals surface area (Å²) in [6.07, 6.45) is 1.07. The largest absolute Gasteiger partial charge is 0.481 e. The van der Waals surface area contributed by atoms with Crippen LogP contribution in [0.5, 0.6) is 0 Å². The van der Waals surface area contributed by atoms with Crippen molar-refractivity contribution in [3.05, 3.63) is 44.0 Å². The number of non-ortho nitro benzene ring substituents is 2. The van der Waals surface area contributed by atoms with Crippen LogP contribution in [0.15, 0.2) is 28.4 Å². The third-order valence-electron chi connectivity index (χ3n) is 1.73. The second kappa shape index (κ2) is 8.57. The number of hydrogen-bond acceptors (Lipinski definition) is 7. The Kier molecular flexibility index (Phi) is 7.18. The molecule has 0 aliphatic rings. The molecule has 0 spiro atoms. The number of benzene rings is 1. The van der Waals surface area contributed by atoms with Crippen LogP contribution in [0.4, 0.5) is 11.4 Å². The van der Waals surface area contributed by atoms with Crippen LogP contribution in [-0.4, -0.2) is 33.1 Å². The first-order valence-corrected chi connectivity index (χ1v) is 5.39. The zero-order chi connectivity index (χ0) is 17.3. The summed E-state index contributed by atoms with van der Waals surface area (Å²) in [6.45, 7) is 1.08. The molecule has 0 radical (unpaired) electrons. The van der Waals surface area contributed by atoms with Crippen LogP contribution in [0.3, 0.4) is 0 Å². The number of rotatable bonds is 4. The van der Waals surface area contributed by atoms with Gasteiger partial charge in [0.15, 0.2) is 0 Å². The van der Waals surface area contributed by atoms with E-state index in [0.717, 1.165) is 31.3 Å². The molecule has 118 valence electrons. The molecule has 12 nitrogen and oxygen atoms in total. The smallest absolute Gasteiger partial charge is 0.300 e. The average molecular weight is 312 g/mol. The van der Waals surface area contributed by atoms with E-state index < -0.39 is 27.2 Å². The molecule has 0 unspecified atom stereocenters. The molecule has 0 saturated carbocycles. The Morgan fingerprint density at radius 3 is 1.91 bits per heavy atom. The molecule has 1 aromatic rings. The Labute approximate surface area is 123 Å². The van der Waals surface area contributed by atoms with E-state index in [1.165, 1.54) is 0 Å². The van der Waals surface area contributed by atoms with Crippen molar-refractivity contribution >= 4 is 29.5 Å². The summed E-state index contributed by atoms with van der Waals surface area (Å²) in [5.74, 6) is -1.13. The minimum absolute atomic E-state index is 0.140. The van der Waals surface area contributed by atoms with Crippen LogP contribution < -0.4 is 11.5 Å². The molecule has 0 bridgehead atoms. The SMILES string of the molecule is CC(=O)O.NC(N)=NN=Cc1cc([N+](=O)[O-])cc([N+](=O)[O-])c1. The molecule has 1 aromatic carbocycles. The molecule has 0 amide bonds. The monoisotopic (exact) mass is 312 g/mol. The average Bonchev–Trinajstić information content (AvgIpc) is 2.37. The van der Waals surface area contributed by atoms with Gasteiger partial charge in [-0.3, -0.25) is 25.0 Å². The molecular weight excluding hydrogens is 300 g/mol. The minimum Gasteiger partial charge on any atom is -0.481 e. The zero-order valence-corrected chi connectivity index (χ0v) is 11.2. The molecule has 5 N–H and O–H groups in total. The Balaban J connectivity index is 0.000000980. The number of carboxylic acids is 1. The molecule has 0 fully saturated rings. The summed E-state index contributed by atoms with van der Waals surface area (Å²) in [5, 5.41) is 35.3. The predicted octanol–water partition coefficient (Wildman–Crippen LogP) is 0.201. The van der Waals surface area contributed by atoms with Gasteiger partial charge in [0.1, 0.15) is 0 Å². The van der Waals surface area contributed by atoms with Crippen LogP contribution in [0.2, 0.25) is 0 Å². The van der Waals surface area contributed by atoms with Crippen LogP contribution in [-0.2, 0) is 4.79 Å². The molecule has 0 aliphatic carbocycles. The quantitative estimate of drug-likeness (QED) is 0.302. The number of carboxylic acid groups (broad SMARTS) is 1. The zero-order valence-electron chi connectivity index (χ0n) is 11.2. The van der Waals surface area contributed by atoms with E-state index in [1.807, 2.05) is 0 Å². The van der Waals surface area contributed by atoms with Crippen molar-refractivity contribution in [2.24, 2.45) is 21.7 Å². The molecule has 0 aromatic heterocycles. The third kappa shape index (κ3) is 7.78. The van der Waals surface area contributed by atoms with Crippen molar-refractivity contribution in [2.45, 2.75) is 6.92 Å². The number of carbonyl (C=O) groups is 1. The lowest BCUT2D eigenvalue weighted by molar-refractivity contribution is -0.394. The van der Waals surface area contributed by atoms with Gasteiger partial charge in [0.25, 0.3) is 17.3 Å². The maximum Gasteiger partial charge on any atom is 0.300 e. The molecular formula is C10H12N6O6. The maximum absolute atomic E-state index is 10.6. The Morgan fingerprint density at radius 1 is 1.18 bits per heavy atom. The van der Waals surface area contributed by atoms with Gasteiger partial charge in [-0.1, -0.05) is 0 Å². The van der Waals surface area contributed by atoms with Gasteiger partial charge in [0, 0.05) is 24.6 Å². The van der Waals surface area contributed by atoms with E-state index in [1.54, 1.807) is 0 Å². The van der Waals surface area contributed by atoms with E-state index in [9.17, 15) is 20.2 Å². The van der Waals surface area contributed by atoms with E-state index in [2.05, 4.69) is 10.2 Å². The van der Waals surface area contributed by atoms with Crippen molar-refractivity contribution < 1.29 is 19.7 Å². The van der Waals surface area contributed by atoms with E-state index >= 15 is 0 Å². The molecule has 0 aliphatic heterocycles. The Bertz CT molecular complexity index is 601. The normalized spacial score (nSPS) is 9.50. The highest BCUT2D eigenvalue weighted by atomic mass is 16.6. The van der Waals surface area contributed by atoms with Gasteiger partial charge in [0.2, 0.25) is 5.96 Å². The number of nitro groups is 2. The van der Waals surface area contributed by atoms with E-state index in [4.69, 9.17) is 21.4 Å². The lowest BCUT2D eigenvalue weighted by Crippen LogP contribution is -2.21. The number of guanidine groups is 1. The summed E-state index contributed by atoms with van der Waals surface area (Å²) < 4.78 is 0. The lowest BCUT2D eigenvalue weighted by Gasteiger charge is -1.95. The summed E-state index contributed by atoms with van der Waals surface area (Å²) in [6, 6.07) is 3.06. The molecule has 1 rings (SSSR count). The summed E-state index contributed by atoms with van der Waals surface area (Å²) >= 11 is 0. The van der Waals surface area contributed by atoms with Crippen LogP contribution in [0, 0.1) is 20.2 Å². The van der Waals surface area contributed by atoms with Crippen molar-refractivity contribution in [3.63, 3.8) is 0 Å². The number of aliphatic carboxylic acids is 1. The van der Waals surface area contributed by atoms with Gasteiger partial charge in [-0.15, -0.1) is 5.10 Å². The van der Waals surface area contributed by atoms with Crippen LogP contribution >= 0.6 is 0 Å². The summed E-state index contributed by atoms with van der Waals surface area (Å²) in [7, 11) is 0. The fourth-order valence-electron chi connectivity index (χ4n) is 1.07. The lowest BCUT2D eigenvalue weighted by atomic mass is 10.2. The third-order valence-corrected chi connectivity index (χ3v) is 1.73. The van der Waals surface area contributed by atoms with E-state index in [-0.39, 0.29) is 11.5 Å². The van der Waals surface area contributed by atoms with Gasteiger partial charge in [-0.2, -0.15) is 5.10 Å². The highest BCUT2D eigenvalue weighted by molar-refractivity contribution is 5.83. The molecule has 0 atom stereocenters. The van der Waals surface area contributed by atoms with Crippen LogP contribution in [0.25, 0.3) is 0 Å². The second-order valence-corrected chi connectivity index (χ2v) is 3.59. The molecule has 0 heterocycles. The van der Waals surface area contributed by atoms with Gasteiger partial charge in [-0.05, 0) is 0 Å². The molecule has 12 heteroatoms. The highest BCUT2D eigenvalue weighted by Gasteiger charge is 2.15. The minimum atomic E-state index is -0.833. The summed E-state index contributed by atoms with van der Waals surface area (Å²) in [4.78, 5) is 28.7. The fourth-order valence-corrected chi connectivity index (χ4v) is 1.07. The van der Waals surface area contributed by atoms with Crippen molar-refractivity contribution in [1.82, 2.24) is 0 Å². The number of hydrogen-bond donors (Lipinski definition) is 3. The molecule has 22 heavy (non-hydrogen) atoms. The Morgan fingerprint density at radius 2 is 1.59 bits per heavy atom. The van der Waals surface area contributed by atoms with E-state index in [0.29, 0.717) is 0 Å². The highest BCUT2D eigenvalue weighted by Crippen LogP contribution is 2.21. The topological polar surface area (TPSA) is 200 Å². The first kappa shape index (κ1) is 18.4. The Hall–Kier alpha value is -3.57. The number of nitrogens with zero attached hydrogens (tertiary/aromatic N) is 4. The van der Waals surface area contributed by atoms with Gasteiger partial charge < -0.3 is 16.6 Å². The second-order valence-electron chi connectivity index (χ2n) is 3.59. The summed E-state index contributed by atoms with van der Waals surface area (Å²) in [5.41, 5.74) is 9.32. The van der Waals surface area contributed by atoms with Crippen molar-refractivity contribution in [1.29, 1.82) is 0 Å². The van der Waals surface area contributed by atoms with Crippen LogP contribution in [0.1, 0.15) is 12.5 Å². The predicted molar refractivity (Wildman–Crippen MR) is 76.5 cm³/mol. The number of nitrogens with two attached hydrogens (primary N) is 2. The molecule has 0 saturated heterocycles. The standard InChI is InChI=1S/C8H8N6O4.C2H4O2/c9-8(10)12-11-4-5-1-6(13(15)16)3-7(2-5)14(17)18;1-2(3)4/h1-4H,(H4,9,10,12);1H3,(H,3,4). The van der Waals surface area contributed by atoms with Crippen molar-refractivity contribution in [3.8, 4) is 0 Å². The fraction of sp³-hybridized carbons (Fsp3) is 0.100. The first-order chi connectivity index (χ1) is 10.1. The van der Waals surface area contributed by atoms with Gasteiger partial charge in [0.05, 0.1) is 22.1 Å². The number of nitro benzene ring substituents is 2. The maximum atomic E-state index is 10.6. The first-order valence-electron chi connectivity index (χ1n) is 5.39.